The molecule has 134 valence electrons. The first-order chi connectivity index (χ1) is 11.7. The largest absolute Gasteiger partial charge is 0.444 e. The van der Waals surface area contributed by atoms with Crippen molar-refractivity contribution in [2.24, 2.45) is 5.92 Å². The summed E-state index contributed by atoms with van der Waals surface area (Å²) in [5.41, 5.74) is 1.60. The maximum absolute atomic E-state index is 12.5. The van der Waals surface area contributed by atoms with Crippen LogP contribution in [0.2, 0.25) is 0 Å². The second-order valence-electron chi connectivity index (χ2n) is 7.40. The molecule has 2 atom stereocenters. The first-order valence-electron chi connectivity index (χ1n) is 8.36. The van der Waals surface area contributed by atoms with Crippen LogP contribution in [0.5, 0.6) is 0 Å². The molecule has 5 nitrogen and oxygen atoms in total. The van der Waals surface area contributed by atoms with Crippen molar-refractivity contribution in [1.82, 2.24) is 4.90 Å². The Balaban J connectivity index is 1.82. The molecule has 1 heterocycles. The Kier molecular flexibility index (Phi) is 4.91. The number of nitrogens with zero attached hydrogens (tertiary/aromatic N) is 1. The van der Waals surface area contributed by atoms with Crippen LogP contribution < -0.4 is 0 Å². The summed E-state index contributed by atoms with van der Waals surface area (Å²) in [7, 11) is 0. The van der Waals surface area contributed by atoms with Crippen LogP contribution in [0.1, 0.15) is 39.2 Å². The lowest BCUT2D eigenvalue weighted by Crippen LogP contribution is -2.55. The van der Waals surface area contributed by atoms with Crippen molar-refractivity contribution in [2.75, 3.05) is 6.73 Å². The second-order valence-corrected chi connectivity index (χ2v) is 8.31. The van der Waals surface area contributed by atoms with Crippen molar-refractivity contribution in [3.63, 3.8) is 0 Å². The van der Waals surface area contributed by atoms with Crippen LogP contribution in [0.25, 0.3) is 5.57 Å². The molecule has 25 heavy (non-hydrogen) atoms. The third-order valence-electron chi connectivity index (χ3n) is 4.38. The fourth-order valence-corrected chi connectivity index (χ4v) is 3.64. The molecule has 0 radical (unpaired) electrons. The third kappa shape index (κ3) is 4.06. The summed E-state index contributed by atoms with van der Waals surface area (Å²) in [4.78, 5) is 26.3. The van der Waals surface area contributed by atoms with Gasteiger partial charge in [0.15, 0.2) is 6.73 Å². The Morgan fingerprint density at radius 3 is 2.80 bits per heavy atom. The van der Waals surface area contributed by atoms with Crippen LogP contribution >= 0.6 is 15.9 Å². The third-order valence-corrected chi connectivity index (χ3v) is 4.88. The number of carbonyl (C=O) groups excluding carboxylic acids is 2. The van der Waals surface area contributed by atoms with Crippen LogP contribution in [0, 0.1) is 5.92 Å². The topological polar surface area (TPSA) is 55.8 Å². The van der Waals surface area contributed by atoms with E-state index in [9.17, 15) is 9.59 Å². The molecule has 1 aliphatic heterocycles. The molecule has 0 bridgehead atoms. The van der Waals surface area contributed by atoms with Crippen LogP contribution in [0.4, 0.5) is 4.79 Å². The van der Waals surface area contributed by atoms with E-state index < -0.39 is 11.7 Å². The number of rotatable bonds is 1. The van der Waals surface area contributed by atoms with E-state index in [0.717, 1.165) is 15.6 Å². The summed E-state index contributed by atoms with van der Waals surface area (Å²) in [5, 5.41) is 0. The van der Waals surface area contributed by atoms with Gasteiger partial charge in [-0.3, -0.25) is 9.69 Å². The van der Waals surface area contributed by atoms with Gasteiger partial charge < -0.3 is 9.47 Å². The predicted molar refractivity (Wildman–Crippen MR) is 97.7 cm³/mol. The number of allylic oxidation sites excluding steroid dienone is 1. The summed E-state index contributed by atoms with van der Waals surface area (Å²) in [5.74, 6) is -0.606. The van der Waals surface area contributed by atoms with Gasteiger partial charge in [-0.1, -0.05) is 34.1 Å². The molecule has 1 amide bonds. The number of ether oxygens (including phenoxy) is 2. The number of halogens is 1. The first kappa shape index (κ1) is 18.0. The van der Waals surface area contributed by atoms with Gasteiger partial charge in [-0.15, -0.1) is 0 Å². The highest BCUT2D eigenvalue weighted by Gasteiger charge is 2.44. The summed E-state index contributed by atoms with van der Waals surface area (Å²) < 4.78 is 11.7. The van der Waals surface area contributed by atoms with E-state index in [1.54, 1.807) is 0 Å². The van der Waals surface area contributed by atoms with E-state index in [1.165, 1.54) is 4.90 Å². The Labute approximate surface area is 156 Å². The summed E-state index contributed by atoms with van der Waals surface area (Å²) in [6.07, 6.45) is 2.84. The average molecular weight is 408 g/mol. The zero-order valence-electron chi connectivity index (χ0n) is 14.6. The number of hydrogen-bond donors (Lipinski definition) is 0. The van der Waals surface area contributed by atoms with Gasteiger partial charge >= 0.3 is 12.1 Å². The first-order valence-corrected chi connectivity index (χ1v) is 9.15. The summed E-state index contributed by atoms with van der Waals surface area (Å²) >= 11 is 3.48. The van der Waals surface area contributed by atoms with Gasteiger partial charge in [-0.05, 0) is 56.9 Å². The molecule has 0 unspecified atom stereocenters. The van der Waals surface area contributed by atoms with E-state index in [0.29, 0.717) is 12.8 Å². The number of hydrogen-bond acceptors (Lipinski definition) is 4. The van der Waals surface area contributed by atoms with Gasteiger partial charge in [-0.2, -0.15) is 0 Å². The maximum Gasteiger partial charge on any atom is 0.413 e. The fourth-order valence-electron chi connectivity index (χ4n) is 3.24. The second kappa shape index (κ2) is 6.83. The fraction of sp³-hybridized carbons (Fsp3) is 0.474. The minimum Gasteiger partial charge on any atom is -0.444 e. The maximum atomic E-state index is 12.5. The molecule has 1 aromatic carbocycles. The van der Waals surface area contributed by atoms with Crippen molar-refractivity contribution in [3.05, 3.63) is 40.4 Å². The van der Waals surface area contributed by atoms with E-state index in [2.05, 4.69) is 22.0 Å². The summed E-state index contributed by atoms with van der Waals surface area (Å²) in [6.45, 7) is 5.43. The van der Waals surface area contributed by atoms with Gasteiger partial charge in [0.1, 0.15) is 5.60 Å². The van der Waals surface area contributed by atoms with Gasteiger partial charge in [0.05, 0.1) is 12.0 Å². The Bertz CT molecular complexity index is 722. The van der Waals surface area contributed by atoms with Crippen LogP contribution in [-0.2, 0) is 14.3 Å². The molecule has 1 fully saturated rings. The predicted octanol–water partition coefficient (Wildman–Crippen LogP) is 4.36. The number of fused-ring (bicyclic) bond motifs is 1. The highest BCUT2D eigenvalue weighted by atomic mass is 79.9. The minimum atomic E-state index is -0.583. The molecule has 2 aliphatic rings. The van der Waals surface area contributed by atoms with Crippen molar-refractivity contribution >= 4 is 33.6 Å². The molecule has 6 heteroatoms. The van der Waals surface area contributed by atoms with E-state index in [1.807, 2.05) is 45.0 Å². The highest BCUT2D eigenvalue weighted by Crippen LogP contribution is 2.37. The Morgan fingerprint density at radius 1 is 1.36 bits per heavy atom. The number of cyclic esters (lactones) is 1. The lowest BCUT2D eigenvalue weighted by atomic mass is 9.81. The molecule has 0 saturated carbocycles. The number of benzene rings is 1. The zero-order chi connectivity index (χ0) is 18.2. The minimum absolute atomic E-state index is 0.0467. The van der Waals surface area contributed by atoms with Crippen molar-refractivity contribution in [1.29, 1.82) is 0 Å². The molecule has 1 aromatic rings. The molecule has 1 saturated heterocycles. The SMILES string of the molecule is CC(C)(C)OC(=O)N1COC(=O)[C@H]2CC(c3cccc(Br)c3)=CC[C@@H]21. The molecular weight excluding hydrogens is 386 g/mol. The molecule has 3 rings (SSSR count). The number of carbonyl (C=O) groups is 2. The quantitative estimate of drug-likeness (QED) is 0.648. The zero-order valence-corrected chi connectivity index (χ0v) is 16.2. The van der Waals surface area contributed by atoms with E-state index >= 15 is 0 Å². The normalized spacial score (nSPS) is 23.4. The van der Waals surface area contributed by atoms with E-state index in [4.69, 9.17) is 9.47 Å². The Hall–Kier alpha value is -1.82. The van der Waals surface area contributed by atoms with Crippen LogP contribution in [0.15, 0.2) is 34.8 Å². The van der Waals surface area contributed by atoms with Crippen molar-refractivity contribution in [3.8, 4) is 0 Å². The standard InChI is InChI=1S/C19H22BrNO4/c1-19(2,3)25-18(23)21-11-24-17(22)15-10-13(7-8-16(15)21)12-5-4-6-14(20)9-12/h4-7,9,15-16H,8,10-11H2,1-3H3/t15-,16-/m0/s1. The molecule has 1 aliphatic carbocycles. The smallest absolute Gasteiger partial charge is 0.413 e. The summed E-state index contributed by atoms with van der Waals surface area (Å²) in [6, 6.07) is 7.78. The average Bonchev–Trinajstić information content (AvgIpc) is 2.53. The molecule has 0 spiro atoms. The van der Waals surface area contributed by atoms with Gasteiger partial charge in [-0.25, -0.2) is 4.79 Å². The number of amides is 1. The van der Waals surface area contributed by atoms with Crippen molar-refractivity contribution in [2.45, 2.75) is 45.3 Å². The molecule has 0 N–H and O–H groups in total. The number of esters is 1. The van der Waals surface area contributed by atoms with Crippen LogP contribution in [0.3, 0.4) is 0 Å². The van der Waals surface area contributed by atoms with Gasteiger partial charge in [0.25, 0.3) is 0 Å². The monoisotopic (exact) mass is 407 g/mol. The lowest BCUT2D eigenvalue weighted by molar-refractivity contribution is -0.167. The Morgan fingerprint density at radius 2 is 2.12 bits per heavy atom. The molecule has 0 aromatic heterocycles. The van der Waals surface area contributed by atoms with Crippen molar-refractivity contribution < 1.29 is 19.1 Å². The van der Waals surface area contributed by atoms with Crippen LogP contribution in [-0.4, -0.2) is 35.3 Å². The lowest BCUT2D eigenvalue weighted by Gasteiger charge is -2.42. The van der Waals surface area contributed by atoms with Gasteiger partial charge in [0.2, 0.25) is 0 Å². The molecular formula is C19H22BrNO4. The van der Waals surface area contributed by atoms with Gasteiger partial charge in [0, 0.05) is 4.47 Å². The highest BCUT2D eigenvalue weighted by molar-refractivity contribution is 9.10. The van der Waals surface area contributed by atoms with E-state index in [-0.39, 0.29) is 24.7 Å².